The molecule has 0 aliphatic heterocycles. The number of benzene rings is 1. The number of aliphatic hydroxyl groups is 1. The van der Waals surface area contributed by atoms with Gasteiger partial charge in [-0.15, -0.1) is 0 Å². The summed E-state index contributed by atoms with van der Waals surface area (Å²) < 4.78 is 53.1. The van der Waals surface area contributed by atoms with E-state index in [0.717, 1.165) is 0 Å². The zero-order valence-electron chi connectivity index (χ0n) is 9.18. The van der Waals surface area contributed by atoms with Gasteiger partial charge in [-0.1, -0.05) is 15.9 Å². The summed E-state index contributed by atoms with van der Waals surface area (Å²) in [7, 11) is 0. The monoisotopic (exact) mass is 330 g/mol. The molecule has 0 saturated carbocycles. The van der Waals surface area contributed by atoms with E-state index in [2.05, 4.69) is 20.7 Å². The Kier molecular flexibility index (Phi) is 5.55. The lowest BCUT2D eigenvalue weighted by Crippen LogP contribution is -2.24. The zero-order chi connectivity index (χ0) is 13.8. The summed E-state index contributed by atoms with van der Waals surface area (Å²) in [6.07, 6.45) is -5.50. The molecule has 18 heavy (non-hydrogen) atoms. The third kappa shape index (κ3) is 6.32. The number of hydrogen-bond donors (Lipinski definition) is 1. The van der Waals surface area contributed by atoms with Crippen molar-refractivity contribution in [3.8, 4) is 0 Å². The van der Waals surface area contributed by atoms with E-state index in [9.17, 15) is 22.7 Å². The van der Waals surface area contributed by atoms with Gasteiger partial charge >= 0.3 is 6.18 Å². The van der Waals surface area contributed by atoms with Crippen molar-refractivity contribution in [1.29, 1.82) is 0 Å². The number of rotatable bonds is 5. The first kappa shape index (κ1) is 15.4. The molecule has 0 saturated heterocycles. The molecule has 0 aromatic heterocycles. The lowest BCUT2D eigenvalue weighted by Gasteiger charge is -2.13. The Hall–Kier alpha value is -0.660. The predicted molar refractivity (Wildman–Crippen MR) is 60.7 cm³/mol. The molecule has 1 N–H and O–H groups in total. The molecule has 0 fully saturated rings. The average Bonchev–Trinajstić information content (AvgIpc) is 2.12. The molecule has 2 nitrogen and oxygen atoms in total. The number of alkyl halides is 3. The Balaban J connectivity index is 2.42. The van der Waals surface area contributed by atoms with Gasteiger partial charge in [0.1, 0.15) is 12.4 Å². The molecule has 1 unspecified atom stereocenters. The first-order valence-electron chi connectivity index (χ1n) is 5.04. The van der Waals surface area contributed by atoms with Crippen LogP contribution in [0.5, 0.6) is 0 Å². The Morgan fingerprint density at radius 3 is 2.50 bits per heavy atom. The highest BCUT2D eigenvalue weighted by Gasteiger charge is 2.27. The molecule has 1 rings (SSSR count). The van der Waals surface area contributed by atoms with E-state index < -0.39 is 31.3 Å². The maximum Gasteiger partial charge on any atom is 0.411 e. The molecule has 1 aromatic rings. The van der Waals surface area contributed by atoms with Crippen LogP contribution < -0.4 is 0 Å². The normalized spacial score (nSPS) is 13.7. The van der Waals surface area contributed by atoms with E-state index in [4.69, 9.17) is 0 Å². The largest absolute Gasteiger partial charge is 0.411 e. The maximum atomic E-state index is 13.0. The highest BCUT2D eigenvalue weighted by Crippen LogP contribution is 2.17. The molecular formula is C11H11BrF4O2. The fourth-order valence-corrected chi connectivity index (χ4v) is 1.88. The molecule has 7 heteroatoms. The van der Waals surface area contributed by atoms with Crippen molar-refractivity contribution in [2.45, 2.75) is 18.7 Å². The summed E-state index contributed by atoms with van der Waals surface area (Å²) >= 11 is 3.08. The Labute approximate surface area is 110 Å². The maximum absolute atomic E-state index is 13.0. The lowest BCUT2D eigenvalue weighted by molar-refractivity contribution is -0.179. The minimum Gasteiger partial charge on any atom is -0.390 e. The standard InChI is InChI=1S/C11H11BrF4O2/c12-8-1-7(2-9(13)4-8)3-10(17)5-18-6-11(14,15)16/h1-2,4,10,17H,3,5-6H2. The van der Waals surface area contributed by atoms with Gasteiger partial charge in [-0.2, -0.15) is 13.2 Å². The Bertz CT molecular complexity index is 375. The summed E-state index contributed by atoms with van der Waals surface area (Å²) in [6, 6.07) is 4.03. The van der Waals surface area contributed by atoms with Crippen molar-refractivity contribution < 1.29 is 27.4 Å². The van der Waals surface area contributed by atoms with Crippen LogP contribution in [0.15, 0.2) is 22.7 Å². The van der Waals surface area contributed by atoms with Crippen LogP contribution in [0.4, 0.5) is 17.6 Å². The fourth-order valence-electron chi connectivity index (χ4n) is 1.37. The fraction of sp³-hybridized carbons (Fsp3) is 0.455. The van der Waals surface area contributed by atoms with Crippen LogP contribution in [-0.4, -0.2) is 30.6 Å². The van der Waals surface area contributed by atoms with E-state index >= 15 is 0 Å². The second-order valence-electron chi connectivity index (χ2n) is 3.77. The van der Waals surface area contributed by atoms with Gasteiger partial charge in [0.15, 0.2) is 0 Å². The number of aliphatic hydroxyl groups excluding tert-OH is 1. The number of hydrogen-bond acceptors (Lipinski definition) is 2. The van der Waals surface area contributed by atoms with Crippen molar-refractivity contribution in [3.63, 3.8) is 0 Å². The Morgan fingerprint density at radius 1 is 1.28 bits per heavy atom. The quantitative estimate of drug-likeness (QED) is 0.841. The van der Waals surface area contributed by atoms with Gasteiger partial charge in [0.25, 0.3) is 0 Å². The van der Waals surface area contributed by atoms with E-state index in [1.165, 1.54) is 12.1 Å². The summed E-state index contributed by atoms with van der Waals surface area (Å²) in [5, 5.41) is 9.45. The third-order valence-electron chi connectivity index (χ3n) is 1.97. The SMILES string of the molecule is OC(COCC(F)(F)F)Cc1cc(F)cc(Br)c1. The second kappa shape index (κ2) is 6.49. The van der Waals surface area contributed by atoms with E-state index in [1.54, 1.807) is 6.07 Å². The molecular weight excluding hydrogens is 320 g/mol. The van der Waals surface area contributed by atoms with Gasteiger partial charge in [-0.3, -0.25) is 0 Å². The van der Waals surface area contributed by atoms with Gasteiger partial charge in [0, 0.05) is 10.9 Å². The molecule has 0 radical (unpaired) electrons. The van der Waals surface area contributed by atoms with Crippen molar-refractivity contribution in [3.05, 3.63) is 34.1 Å². The van der Waals surface area contributed by atoms with Crippen LogP contribution in [0.2, 0.25) is 0 Å². The van der Waals surface area contributed by atoms with Gasteiger partial charge in [0.05, 0.1) is 12.7 Å². The molecule has 102 valence electrons. The van der Waals surface area contributed by atoms with Crippen LogP contribution in [0, 0.1) is 5.82 Å². The van der Waals surface area contributed by atoms with Gasteiger partial charge in [0.2, 0.25) is 0 Å². The van der Waals surface area contributed by atoms with Gasteiger partial charge in [-0.25, -0.2) is 4.39 Å². The second-order valence-corrected chi connectivity index (χ2v) is 4.68. The first-order valence-corrected chi connectivity index (χ1v) is 5.83. The summed E-state index contributed by atoms with van der Waals surface area (Å²) in [4.78, 5) is 0. The van der Waals surface area contributed by atoms with Crippen molar-refractivity contribution in [2.75, 3.05) is 13.2 Å². The van der Waals surface area contributed by atoms with Crippen molar-refractivity contribution >= 4 is 15.9 Å². The van der Waals surface area contributed by atoms with Crippen LogP contribution in [-0.2, 0) is 11.2 Å². The minimum atomic E-state index is -4.42. The highest BCUT2D eigenvalue weighted by atomic mass is 79.9. The van der Waals surface area contributed by atoms with E-state index in [-0.39, 0.29) is 6.42 Å². The molecule has 1 aromatic carbocycles. The molecule has 0 aliphatic rings. The summed E-state index contributed by atoms with van der Waals surface area (Å²) in [6.45, 7) is -1.86. The van der Waals surface area contributed by atoms with Crippen LogP contribution >= 0.6 is 15.9 Å². The topological polar surface area (TPSA) is 29.5 Å². The highest BCUT2D eigenvalue weighted by molar-refractivity contribution is 9.10. The van der Waals surface area contributed by atoms with Crippen molar-refractivity contribution in [1.82, 2.24) is 0 Å². The zero-order valence-corrected chi connectivity index (χ0v) is 10.8. The Morgan fingerprint density at radius 2 is 1.94 bits per heavy atom. The molecule has 0 bridgehead atoms. The molecule has 0 amide bonds. The summed E-state index contributed by atoms with van der Waals surface area (Å²) in [5.74, 6) is -0.484. The molecule has 0 heterocycles. The molecule has 1 atom stereocenters. The predicted octanol–water partition coefficient (Wildman–Crippen LogP) is 3.07. The van der Waals surface area contributed by atoms with Gasteiger partial charge in [-0.05, 0) is 23.8 Å². The van der Waals surface area contributed by atoms with Gasteiger partial charge < -0.3 is 9.84 Å². The smallest absolute Gasteiger partial charge is 0.390 e. The molecule has 0 spiro atoms. The van der Waals surface area contributed by atoms with Crippen LogP contribution in [0.1, 0.15) is 5.56 Å². The number of ether oxygens (including phenoxy) is 1. The third-order valence-corrected chi connectivity index (χ3v) is 2.43. The minimum absolute atomic E-state index is 0.0220. The summed E-state index contributed by atoms with van der Waals surface area (Å²) in [5.41, 5.74) is 0.477. The first-order chi connectivity index (χ1) is 8.26. The van der Waals surface area contributed by atoms with Crippen molar-refractivity contribution in [2.24, 2.45) is 0 Å². The van der Waals surface area contributed by atoms with Crippen LogP contribution in [0.3, 0.4) is 0 Å². The molecule has 0 aliphatic carbocycles. The lowest BCUT2D eigenvalue weighted by atomic mass is 10.1. The van der Waals surface area contributed by atoms with E-state index in [0.29, 0.717) is 10.0 Å². The number of halogens is 5. The van der Waals surface area contributed by atoms with Crippen LogP contribution in [0.25, 0.3) is 0 Å². The van der Waals surface area contributed by atoms with E-state index in [1.807, 2.05) is 0 Å². The average molecular weight is 331 g/mol.